The fourth-order valence-electron chi connectivity index (χ4n) is 4.56. The highest BCUT2D eigenvalue weighted by Gasteiger charge is 2.27. The van der Waals surface area contributed by atoms with Crippen molar-refractivity contribution in [2.45, 2.75) is 187 Å². The van der Waals surface area contributed by atoms with Crippen molar-refractivity contribution in [3.63, 3.8) is 0 Å². The number of carbonyl (C=O) groups is 3. The van der Waals surface area contributed by atoms with E-state index in [9.17, 15) is 19.5 Å². The van der Waals surface area contributed by atoms with Gasteiger partial charge in [-0.25, -0.2) is 0 Å². The Morgan fingerprint density at radius 3 is 1.38 bits per heavy atom. The van der Waals surface area contributed by atoms with E-state index in [1.807, 2.05) is 69.2 Å². The molecule has 0 aromatic heterocycles. The Labute approximate surface area is 390 Å². The third-order valence-electron chi connectivity index (χ3n) is 8.81. The van der Waals surface area contributed by atoms with E-state index in [-0.39, 0.29) is 55.2 Å². The molecular formula is C50H100O14. The molecule has 4 saturated heterocycles. The van der Waals surface area contributed by atoms with Crippen LogP contribution < -0.4 is 0 Å². The third-order valence-corrected chi connectivity index (χ3v) is 8.81. The number of aliphatic hydroxyl groups excluding tert-OH is 3. The Morgan fingerprint density at radius 2 is 1.16 bits per heavy atom. The lowest BCUT2D eigenvalue weighted by Crippen LogP contribution is -2.35. The smallest absolute Gasteiger partial charge is 0.306 e. The van der Waals surface area contributed by atoms with Crippen LogP contribution in [0.15, 0.2) is 11.8 Å². The van der Waals surface area contributed by atoms with Crippen molar-refractivity contribution in [2.75, 3.05) is 66.1 Å². The Balaban J connectivity index is -0.000000324. The number of rotatable bonds is 6. The molecule has 0 spiro atoms. The van der Waals surface area contributed by atoms with Gasteiger partial charge in [0, 0.05) is 63.8 Å². The van der Waals surface area contributed by atoms with Crippen LogP contribution in [0.1, 0.15) is 170 Å². The lowest BCUT2D eigenvalue weighted by Gasteiger charge is -2.31. The van der Waals surface area contributed by atoms with Gasteiger partial charge in [-0.3, -0.25) is 14.4 Å². The standard InChI is InChI=1S/C10H20O3.C7H14O2.C7H12O.C6H10O2.C6H12O2.C4H10O2.2C4H8O.C2H6/c1-8(7-11)5-6-9(12)13-10(2,3)4;1-6-3-4-7(2,8)9-5-6;1-6-3-4-7(2)8-5-6;1-5-2-3-6(7)8-4-5;1-5(7)8-6(2,3)4;1-4(2-5)3-6;2*1-4-2-5-3-4;1-2/h8,11H,5-7H2,1-4H3;6,8H,3-5H2,1-2H3;4,6H,3,5H2,1-2H3;5H,2-4H2,1H3;1-4H3;4-6H,2-3H2,1H3;2*4H,2-3H2,1H3;1-2H3. The van der Waals surface area contributed by atoms with Crippen molar-refractivity contribution in [3.8, 4) is 0 Å². The Kier molecular flexibility index (Phi) is 42.4. The molecule has 0 bridgehead atoms. The second-order valence-corrected chi connectivity index (χ2v) is 19.8. The number of esters is 3. The molecule has 14 nitrogen and oxygen atoms in total. The molecule has 0 radical (unpaired) electrons. The van der Waals surface area contributed by atoms with Crippen molar-refractivity contribution in [1.29, 1.82) is 0 Å². The van der Waals surface area contributed by atoms with Gasteiger partial charge in [0.25, 0.3) is 0 Å². The van der Waals surface area contributed by atoms with E-state index in [0.717, 1.165) is 75.8 Å². The van der Waals surface area contributed by atoms with Crippen LogP contribution >= 0.6 is 0 Å². The van der Waals surface area contributed by atoms with Gasteiger partial charge in [-0.05, 0) is 111 Å². The van der Waals surface area contributed by atoms with Gasteiger partial charge in [0.05, 0.1) is 52.0 Å². The topological polar surface area (TPSA) is 197 Å². The summed E-state index contributed by atoms with van der Waals surface area (Å²) in [6.07, 6.45) is 7.87. The van der Waals surface area contributed by atoms with Gasteiger partial charge in [0.1, 0.15) is 11.2 Å². The molecule has 4 N–H and O–H groups in total. The predicted molar refractivity (Wildman–Crippen MR) is 255 cm³/mol. The SMILES string of the molecule is CC.CC(=O)OC(C)(C)C.CC(CO)CCC(=O)OC(C)(C)C.CC(CO)CO.CC1=CCC(C)CO1.CC1CCC(=O)OC1.CC1CCC(C)(O)OC1.CC1COC1.CC1COC1. The van der Waals surface area contributed by atoms with Gasteiger partial charge in [-0.2, -0.15) is 0 Å². The molecule has 0 aliphatic carbocycles. The first kappa shape index (κ1) is 68.3. The van der Waals surface area contributed by atoms with E-state index in [4.69, 9.17) is 48.5 Å². The predicted octanol–water partition coefficient (Wildman–Crippen LogP) is 9.07. The molecule has 5 rings (SSSR count). The number of ether oxygens (including phenoxy) is 7. The summed E-state index contributed by atoms with van der Waals surface area (Å²) in [5, 5.41) is 34.3. The fourth-order valence-corrected chi connectivity index (χ4v) is 4.56. The number of aliphatic hydroxyl groups is 4. The first-order valence-electron chi connectivity index (χ1n) is 23.7. The van der Waals surface area contributed by atoms with E-state index in [1.54, 1.807) is 13.8 Å². The highest BCUT2D eigenvalue weighted by atomic mass is 16.6. The number of carbonyl (C=O) groups excluding carboxylic acids is 3. The summed E-state index contributed by atoms with van der Waals surface area (Å²) in [6, 6.07) is 0. The van der Waals surface area contributed by atoms with Crippen LogP contribution in [0.25, 0.3) is 0 Å². The molecular weight excluding hydrogens is 825 g/mol. The molecule has 4 fully saturated rings. The minimum Gasteiger partial charge on any atom is -0.498 e. The first-order valence-corrected chi connectivity index (χ1v) is 23.7. The van der Waals surface area contributed by atoms with Crippen LogP contribution in [0, 0.1) is 41.4 Å². The lowest BCUT2D eigenvalue weighted by atomic mass is 9.99. The third kappa shape index (κ3) is 52.3. The van der Waals surface area contributed by atoms with Crippen LogP contribution in [0.5, 0.6) is 0 Å². The zero-order valence-corrected chi connectivity index (χ0v) is 44.0. The minimum atomic E-state index is -0.841. The summed E-state index contributed by atoms with van der Waals surface area (Å²) >= 11 is 0. The second kappa shape index (κ2) is 39.8. The van der Waals surface area contributed by atoms with E-state index in [1.165, 1.54) is 13.3 Å². The number of hydrogen-bond acceptors (Lipinski definition) is 14. The molecule has 5 atom stereocenters. The lowest BCUT2D eigenvalue weighted by molar-refractivity contribution is -0.221. The summed E-state index contributed by atoms with van der Waals surface area (Å²) < 4.78 is 34.7. The van der Waals surface area contributed by atoms with Gasteiger partial charge >= 0.3 is 17.9 Å². The van der Waals surface area contributed by atoms with Gasteiger partial charge in [0.2, 0.25) is 0 Å². The fraction of sp³-hybridized carbons (Fsp3) is 0.900. The zero-order valence-electron chi connectivity index (χ0n) is 44.0. The highest BCUT2D eigenvalue weighted by molar-refractivity contribution is 5.70. The Morgan fingerprint density at radius 1 is 0.719 bits per heavy atom. The number of hydrogen-bond donors (Lipinski definition) is 4. The van der Waals surface area contributed by atoms with Crippen LogP contribution in [-0.2, 0) is 47.5 Å². The molecule has 5 aliphatic rings. The van der Waals surface area contributed by atoms with Crippen molar-refractivity contribution in [1.82, 2.24) is 0 Å². The van der Waals surface area contributed by atoms with Gasteiger partial charge in [-0.15, -0.1) is 0 Å². The molecule has 384 valence electrons. The van der Waals surface area contributed by atoms with Crippen LogP contribution in [-0.4, -0.2) is 121 Å². The monoisotopic (exact) mass is 925 g/mol. The van der Waals surface area contributed by atoms with E-state index in [0.29, 0.717) is 44.3 Å². The quantitative estimate of drug-likeness (QED) is 0.145. The van der Waals surface area contributed by atoms with Crippen molar-refractivity contribution in [2.24, 2.45) is 41.4 Å². The summed E-state index contributed by atoms with van der Waals surface area (Å²) in [4.78, 5) is 31.8. The maximum atomic E-state index is 11.2. The highest BCUT2D eigenvalue weighted by Crippen LogP contribution is 2.24. The Bertz CT molecular complexity index is 1120. The van der Waals surface area contributed by atoms with Crippen LogP contribution in [0.2, 0.25) is 0 Å². The molecule has 5 aliphatic heterocycles. The summed E-state index contributed by atoms with van der Waals surface area (Å²) in [5.74, 6) is 3.61. The number of allylic oxidation sites excluding steroid dienone is 2. The first-order chi connectivity index (χ1) is 29.5. The summed E-state index contributed by atoms with van der Waals surface area (Å²) in [5.41, 5.74) is -0.731. The maximum Gasteiger partial charge on any atom is 0.306 e. The van der Waals surface area contributed by atoms with Gasteiger partial charge in [-0.1, -0.05) is 62.3 Å². The molecule has 64 heavy (non-hydrogen) atoms. The average Bonchev–Trinajstić information content (AvgIpc) is 3.19. The minimum absolute atomic E-state index is 0.0388. The summed E-state index contributed by atoms with van der Waals surface area (Å²) in [6.45, 7) is 41.1. The van der Waals surface area contributed by atoms with Gasteiger partial charge < -0.3 is 53.6 Å². The molecule has 0 saturated carbocycles. The van der Waals surface area contributed by atoms with Crippen molar-refractivity contribution >= 4 is 17.9 Å². The van der Waals surface area contributed by atoms with Crippen molar-refractivity contribution in [3.05, 3.63) is 11.8 Å². The average molecular weight is 925 g/mol. The molecule has 0 aromatic carbocycles. The van der Waals surface area contributed by atoms with E-state index in [2.05, 4.69) is 40.7 Å². The normalized spacial score (nSPS) is 22.9. The van der Waals surface area contributed by atoms with Crippen LogP contribution in [0.3, 0.4) is 0 Å². The van der Waals surface area contributed by atoms with E-state index < -0.39 is 11.4 Å². The Hall–Kier alpha value is -2.33. The van der Waals surface area contributed by atoms with E-state index >= 15 is 0 Å². The number of cyclic esters (lactones) is 1. The van der Waals surface area contributed by atoms with Crippen molar-refractivity contribution < 1.29 is 68.0 Å². The molecule has 5 unspecified atom stereocenters. The van der Waals surface area contributed by atoms with Gasteiger partial charge in [0.15, 0.2) is 5.79 Å². The maximum absolute atomic E-state index is 11.2. The molecule has 5 heterocycles. The molecule has 0 aromatic rings. The zero-order chi connectivity index (χ0) is 50.5. The summed E-state index contributed by atoms with van der Waals surface area (Å²) in [7, 11) is 0. The molecule has 14 heteroatoms. The molecule has 0 amide bonds. The van der Waals surface area contributed by atoms with Crippen LogP contribution in [0.4, 0.5) is 0 Å². The largest absolute Gasteiger partial charge is 0.498 e. The second-order valence-electron chi connectivity index (χ2n) is 19.8.